The molecule has 0 unspecified atom stereocenters. The van der Waals surface area contributed by atoms with Gasteiger partial charge < -0.3 is 10.2 Å². The number of aliphatic hydroxyl groups is 2. The van der Waals surface area contributed by atoms with Crippen LogP contribution in [0.5, 0.6) is 0 Å². The second-order valence-electron chi connectivity index (χ2n) is 7.13. The van der Waals surface area contributed by atoms with Crippen molar-refractivity contribution in [3.63, 3.8) is 0 Å². The van der Waals surface area contributed by atoms with Gasteiger partial charge in [-0.05, 0) is 45.1 Å². The van der Waals surface area contributed by atoms with Crippen LogP contribution in [0, 0.1) is 0 Å². The summed E-state index contributed by atoms with van der Waals surface area (Å²) in [6.07, 6.45) is 19.4. The molecule has 1 saturated carbocycles. The Morgan fingerprint density at radius 2 is 1.09 bits per heavy atom. The SMILES string of the molecule is OCCCCCCCCCCCCNC1(O)CCCCCC1. The third-order valence-corrected chi connectivity index (χ3v) is 4.97. The van der Waals surface area contributed by atoms with Crippen LogP contribution in [0.1, 0.15) is 103 Å². The predicted octanol–water partition coefficient (Wildman–Crippen LogP) is 4.51. The summed E-state index contributed by atoms with van der Waals surface area (Å²) in [6.45, 7) is 1.32. The number of nitrogens with one attached hydrogen (secondary N) is 1. The number of aliphatic hydroxyl groups excluding tert-OH is 1. The third kappa shape index (κ3) is 10.6. The maximum Gasteiger partial charge on any atom is 0.116 e. The first-order chi connectivity index (χ1) is 10.8. The molecule has 132 valence electrons. The van der Waals surface area contributed by atoms with Gasteiger partial charge in [-0.2, -0.15) is 0 Å². The van der Waals surface area contributed by atoms with Gasteiger partial charge in [0.2, 0.25) is 0 Å². The van der Waals surface area contributed by atoms with E-state index in [1.165, 1.54) is 83.5 Å². The molecule has 0 heterocycles. The molecule has 0 radical (unpaired) electrons. The molecule has 1 fully saturated rings. The van der Waals surface area contributed by atoms with Gasteiger partial charge in [0.05, 0.1) is 0 Å². The summed E-state index contributed by atoms with van der Waals surface area (Å²) in [4.78, 5) is 0. The van der Waals surface area contributed by atoms with Crippen molar-refractivity contribution in [2.24, 2.45) is 0 Å². The average Bonchev–Trinajstić information content (AvgIpc) is 2.73. The first-order valence-electron chi connectivity index (χ1n) is 9.85. The lowest BCUT2D eigenvalue weighted by Gasteiger charge is -2.28. The molecule has 0 saturated heterocycles. The van der Waals surface area contributed by atoms with Gasteiger partial charge in [0, 0.05) is 6.61 Å². The summed E-state index contributed by atoms with van der Waals surface area (Å²) < 4.78 is 0. The minimum Gasteiger partial charge on any atom is -0.396 e. The van der Waals surface area contributed by atoms with Crippen molar-refractivity contribution in [1.29, 1.82) is 0 Å². The van der Waals surface area contributed by atoms with Crippen LogP contribution in [0.3, 0.4) is 0 Å². The maximum atomic E-state index is 10.5. The van der Waals surface area contributed by atoms with Gasteiger partial charge in [0.1, 0.15) is 5.72 Å². The van der Waals surface area contributed by atoms with Gasteiger partial charge >= 0.3 is 0 Å². The molecule has 3 heteroatoms. The molecule has 0 amide bonds. The van der Waals surface area contributed by atoms with E-state index in [2.05, 4.69) is 5.32 Å². The Kier molecular flexibility index (Phi) is 12.1. The lowest BCUT2D eigenvalue weighted by atomic mass is 10.0. The van der Waals surface area contributed by atoms with E-state index in [1.807, 2.05) is 0 Å². The molecule has 0 aromatic rings. The predicted molar refractivity (Wildman–Crippen MR) is 93.9 cm³/mol. The lowest BCUT2D eigenvalue weighted by Crippen LogP contribution is -2.45. The fourth-order valence-corrected chi connectivity index (χ4v) is 3.46. The van der Waals surface area contributed by atoms with E-state index in [0.717, 1.165) is 25.8 Å². The van der Waals surface area contributed by atoms with E-state index in [1.54, 1.807) is 0 Å². The molecule has 1 rings (SSSR count). The highest BCUT2D eigenvalue weighted by atomic mass is 16.3. The topological polar surface area (TPSA) is 52.5 Å². The standard InChI is InChI=1S/C19H39NO2/c21-18-14-10-6-4-2-1-3-5-9-13-17-20-19(22)15-11-7-8-12-16-19/h20-22H,1-18H2. The summed E-state index contributed by atoms with van der Waals surface area (Å²) in [5, 5.41) is 22.6. The van der Waals surface area contributed by atoms with E-state index in [4.69, 9.17) is 5.11 Å². The lowest BCUT2D eigenvalue weighted by molar-refractivity contribution is -0.00906. The van der Waals surface area contributed by atoms with Crippen molar-refractivity contribution in [2.45, 2.75) is 108 Å². The molecule has 1 aliphatic rings. The monoisotopic (exact) mass is 313 g/mol. The maximum absolute atomic E-state index is 10.5. The Balaban J connectivity index is 1.83. The minimum atomic E-state index is -0.564. The Morgan fingerprint density at radius 1 is 0.636 bits per heavy atom. The molecule has 0 atom stereocenters. The minimum absolute atomic E-state index is 0.350. The molecule has 22 heavy (non-hydrogen) atoms. The van der Waals surface area contributed by atoms with E-state index in [9.17, 15) is 5.11 Å². The fourth-order valence-electron chi connectivity index (χ4n) is 3.46. The van der Waals surface area contributed by atoms with E-state index < -0.39 is 5.72 Å². The second-order valence-corrected chi connectivity index (χ2v) is 7.13. The zero-order valence-corrected chi connectivity index (χ0v) is 14.6. The number of unbranched alkanes of at least 4 members (excludes halogenated alkanes) is 9. The van der Waals surface area contributed by atoms with Crippen molar-refractivity contribution in [2.75, 3.05) is 13.2 Å². The largest absolute Gasteiger partial charge is 0.396 e. The molecule has 0 aliphatic heterocycles. The van der Waals surface area contributed by atoms with Crippen LogP contribution in [0.2, 0.25) is 0 Å². The molecule has 0 spiro atoms. The van der Waals surface area contributed by atoms with E-state index >= 15 is 0 Å². The quantitative estimate of drug-likeness (QED) is 0.266. The van der Waals surface area contributed by atoms with Crippen LogP contribution in [-0.4, -0.2) is 29.1 Å². The van der Waals surface area contributed by atoms with Gasteiger partial charge in [-0.1, -0.05) is 64.2 Å². The second kappa shape index (κ2) is 13.3. The van der Waals surface area contributed by atoms with Crippen LogP contribution < -0.4 is 5.32 Å². The van der Waals surface area contributed by atoms with Gasteiger partial charge in [-0.25, -0.2) is 0 Å². The third-order valence-electron chi connectivity index (χ3n) is 4.97. The van der Waals surface area contributed by atoms with Crippen LogP contribution in [0.4, 0.5) is 0 Å². The van der Waals surface area contributed by atoms with Crippen molar-refractivity contribution < 1.29 is 10.2 Å². The van der Waals surface area contributed by atoms with Crippen molar-refractivity contribution in [3.05, 3.63) is 0 Å². The molecule has 0 aromatic heterocycles. The Morgan fingerprint density at radius 3 is 1.59 bits per heavy atom. The van der Waals surface area contributed by atoms with E-state index in [-0.39, 0.29) is 0 Å². The number of hydrogen-bond acceptors (Lipinski definition) is 3. The smallest absolute Gasteiger partial charge is 0.116 e. The van der Waals surface area contributed by atoms with E-state index in [0.29, 0.717) is 6.61 Å². The van der Waals surface area contributed by atoms with Crippen LogP contribution in [0.25, 0.3) is 0 Å². The highest BCUT2D eigenvalue weighted by molar-refractivity contribution is 4.78. The fraction of sp³-hybridized carbons (Fsp3) is 1.00. The summed E-state index contributed by atoms with van der Waals surface area (Å²) in [7, 11) is 0. The van der Waals surface area contributed by atoms with Gasteiger partial charge in [0.25, 0.3) is 0 Å². The first kappa shape index (κ1) is 19.9. The zero-order valence-electron chi connectivity index (χ0n) is 14.6. The van der Waals surface area contributed by atoms with Crippen LogP contribution in [0.15, 0.2) is 0 Å². The normalized spacial score (nSPS) is 18.3. The zero-order chi connectivity index (χ0) is 15.9. The summed E-state index contributed by atoms with van der Waals surface area (Å²) in [5.41, 5.74) is -0.564. The van der Waals surface area contributed by atoms with Crippen molar-refractivity contribution in [3.8, 4) is 0 Å². The highest BCUT2D eigenvalue weighted by Gasteiger charge is 2.26. The molecule has 3 N–H and O–H groups in total. The number of hydrogen-bond donors (Lipinski definition) is 3. The molecule has 1 aliphatic carbocycles. The van der Waals surface area contributed by atoms with Crippen molar-refractivity contribution >= 4 is 0 Å². The van der Waals surface area contributed by atoms with Crippen LogP contribution in [-0.2, 0) is 0 Å². The number of rotatable bonds is 13. The summed E-state index contributed by atoms with van der Waals surface area (Å²) in [5.74, 6) is 0. The molecular formula is C19H39NO2. The molecular weight excluding hydrogens is 274 g/mol. The average molecular weight is 314 g/mol. The van der Waals surface area contributed by atoms with Gasteiger partial charge in [-0.15, -0.1) is 0 Å². The van der Waals surface area contributed by atoms with Crippen LogP contribution >= 0.6 is 0 Å². The molecule has 3 nitrogen and oxygen atoms in total. The highest BCUT2D eigenvalue weighted by Crippen LogP contribution is 2.24. The van der Waals surface area contributed by atoms with Crippen molar-refractivity contribution in [1.82, 2.24) is 5.32 Å². The summed E-state index contributed by atoms with van der Waals surface area (Å²) in [6, 6.07) is 0. The molecule has 0 bridgehead atoms. The first-order valence-corrected chi connectivity index (χ1v) is 9.85. The van der Waals surface area contributed by atoms with Gasteiger partial charge in [0.15, 0.2) is 0 Å². The van der Waals surface area contributed by atoms with Gasteiger partial charge in [-0.3, -0.25) is 5.32 Å². The Labute approximate surface area is 137 Å². The Hall–Kier alpha value is -0.120. The Bertz CT molecular complexity index is 238. The molecule has 0 aromatic carbocycles. The summed E-state index contributed by atoms with van der Waals surface area (Å²) >= 11 is 0.